The van der Waals surface area contributed by atoms with Gasteiger partial charge < -0.3 is 5.32 Å². The molecule has 0 saturated carbocycles. The third-order valence-electron chi connectivity index (χ3n) is 3.83. The van der Waals surface area contributed by atoms with Crippen LogP contribution >= 0.6 is 0 Å². The van der Waals surface area contributed by atoms with E-state index in [0.717, 1.165) is 17.9 Å². The lowest BCUT2D eigenvalue weighted by Crippen LogP contribution is -2.33. The first kappa shape index (κ1) is 15.0. The van der Waals surface area contributed by atoms with Crippen LogP contribution in [0.2, 0.25) is 0 Å². The van der Waals surface area contributed by atoms with E-state index in [0.29, 0.717) is 0 Å². The number of rotatable bonds is 9. The van der Waals surface area contributed by atoms with Crippen molar-refractivity contribution in [1.29, 1.82) is 0 Å². The highest BCUT2D eigenvalue weighted by molar-refractivity contribution is 4.74. The first-order valence-electron chi connectivity index (χ1n) is 6.86. The Hall–Kier alpha value is -0.0400. The Bertz CT molecular complexity index is 133. The molecular weight excluding hydrogens is 182 g/mol. The van der Waals surface area contributed by atoms with Crippen LogP contribution in [0.5, 0.6) is 0 Å². The van der Waals surface area contributed by atoms with E-state index in [1.165, 1.54) is 38.5 Å². The lowest BCUT2D eigenvalue weighted by atomic mass is 9.86. The van der Waals surface area contributed by atoms with E-state index in [1.807, 2.05) is 0 Å². The number of hydrogen-bond donors (Lipinski definition) is 1. The Kier molecular flexibility index (Phi) is 9.18. The summed E-state index contributed by atoms with van der Waals surface area (Å²) < 4.78 is 0. The van der Waals surface area contributed by atoms with Crippen molar-refractivity contribution >= 4 is 0 Å². The number of nitrogens with one attached hydrogen (secondary N) is 1. The minimum absolute atomic E-state index is 0.719. The Labute approximate surface area is 97.0 Å². The molecule has 0 bridgehead atoms. The normalized spacial score (nSPS) is 17.4. The van der Waals surface area contributed by atoms with E-state index in [-0.39, 0.29) is 0 Å². The molecule has 0 aliphatic carbocycles. The molecule has 0 aliphatic rings. The van der Waals surface area contributed by atoms with Crippen LogP contribution in [0.4, 0.5) is 0 Å². The molecule has 3 unspecified atom stereocenters. The van der Waals surface area contributed by atoms with Crippen molar-refractivity contribution in [2.45, 2.75) is 72.3 Å². The van der Waals surface area contributed by atoms with Gasteiger partial charge in [-0.05, 0) is 25.3 Å². The molecular formula is C14H31N. The molecule has 0 aromatic rings. The molecule has 0 spiro atoms. The lowest BCUT2D eigenvalue weighted by Gasteiger charge is -2.27. The summed E-state index contributed by atoms with van der Waals surface area (Å²) in [5.74, 6) is 1.74. The van der Waals surface area contributed by atoms with Crippen LogP contribution in [0.25, 0.3) is 0 Å². The highest BCUT2D eigenvalue weighted by Gasteiger charge is 2.17. The van der Waals surface area contributed by atoms with Gasteiger partial charge in [0.2, 0.25) is 0 Å². The number of unbranched alkanes of at least 4 members (excludes halogenated alkanes) is 1. The predicted molar refractivity (Wildman–Crippen MR) is 70.2 cm³/mol. The molecule has 1 N–H and O–H groups in total. The van der Waals surface area contributed by atoms with Crippen molar-refractivity contribution in [1.82, 2.24) is 5.32 Å². The monoisotopic (exact) mass is 213 g/mol. The summed E-state index contributed by atoms with van der Waals surface area (Å²) in [6.45, 7) is 9.29. The quantitative estimate of drug-likeness (QED) is 0.604. The Morgan fingerprint density at radius 2 is 1.73 bits per heavy atom. The molecule has 15 heavy (non-hydrogen) atoms. The van der Waals surface area contributed by atoms with Gasteiger partial charge in [-0.2, -0.15) is 0 Å². The SMILES string of the molecule is CCCCC(CC)CC(NC)C(C)CC. The van der Waals surface area contributed by atoms with E-state index >= 15 is 0 Å². The molecule has 0 aromatic carbocycles. The fraction of sp³-hybridized carbons (Fsp3) is 1.00. The highest BCUT2D eigenvalue weighted by Crippen LogP contribution is 2.22. The second-order valence-electron chi connectivity index (χ2n) is 4.93. The summed E-state index contributed by atoms with van der Waals surface area (Å²) in [4.78, 5) is 0. The third kappa shape index (κ3) is 6.19. The van der Waals surface area contributed by atoms with Gasteiger partial charge in [0.15, 0.2) is 0 Å². The van der Waals surface area contributed by atoms with Crippen molar-refractivity contribution in [3.63, 3.8) is 0 Å². The van der Waals surface area contributed by atoms with Gasteiger partial charge in [-0.1, -0.05) is 59.8 Å². The van der Waals surface area contributed by atoms with Gasteiger partial charge >= 0.3 is 0 Å². The van der Waals surface area contributed by atoms with Gasteiger partial charge in [-0.3, -0.25) is 0 Å². The summed E-state index contributed by atoms with van der Waals surface area (Å²) in [6, 6.07) is 0.719. The first-order chi connectivity index (χ1) is 7.19. The maximum absolute atomic E-state index is 3.49. The second-order valence-corrected chi connectivity index (χ2v) is 4.93. The van der Waals surface area contributed by atoms with Crippen molar-refractivity contribution in [3.8, 4) is 0 Å². The summed E-state index contributed by atoms with van der Waals surface area (Å²) in [6.07, 6.45) is 8.15. The molecule has 1 nitrogen and oxygen atoms in total. The highest BCUT2D eigenvalue weighted by atomic mass is 14.9. The lowest BCUT2D eigenvalue weighted by molar-refractivity contribution is 0.294. The first-order valence-corrected chi connectivity index (χ1v) is 6.86. The van der Waals surface area contributed by atoms with E-state index < -0.39 is 0 Å². The van der Waals surface area contributed by atoms with Crippen molar-refractivity contribution in [2.75, 3.05) is 7.05 Å². The number of hydrogen-bond acceptors (Lipinski definition) is 1. The van der Waals surface area contributed by atoms with Crippen molar-refractivity contribution in [3.05, 3.63) is 0 Å². The van der Waals surface area contributed by atoms with Gasteiger partial charge in [0.1, 0.15) is 0 Å². The smallest absolute Gasteiger partial charge is 0.00922 e. The van der Waals surface area contributed by atoms with Crippen LogP contribution in [0, 0.1) is 11.8 Å². The summed E-state index contributed by atoms with van der Waals surface area (Å²) >= 11 is 0. The minimum atomic E-state index is 0.719. The molecule has 0 rings (SSSR count). The molecule has 92 valence electrons. The average molecular weight is 213 g/mol. The van der Waals surface area contributed by atoms with Crippen molar-refractivity contribution in [2.24, 2.45) is 11.8 Å². The Morgan fingerprint density at radius 3 is 2.13 bits per heavy atom. The van der Waals surface area contributed by atoms with E-state index in [2.05, 4.69) is 40.1 Å². The standard InChI is InChI=1S/C14H31N/c1-6-9-10-13(8-3)11-14(15-5)12(4)7-2/h12-15H,6-11H2,1-5H3. The molecule has 0 radical (unpaired) electrons. The summed E-state index contributed by atoms with van der Waals surface area (Å²) in [5, 5.41) is 3.49. The fourth-order valence-corrected chi connectivity index (χ4v) is 2.26. The largest absolute Gasteiger partial charge is 0.317 e. The molecule has 0 fully saturated rings. The minimum Gasteiger partial charge on any atom is -0.317 e. The molecule has 0 aliphatic heterocycles. The zero-order chi connectivity index (χ0) is 11.7. The van der Waals surface area contributed by atoms with Crippen LogP contribution in [-0.4, -0.2) is 13.1 Å². The maximum Gasteiger partial charge on any atom is 0.00922 e. The van der Waals surface area contributed by atoms with Crippen molar-refractivity contribution < 1.29 is 0 Å². The van der Waals surface area contributed by atoms with E-state index in [4.69, 9.17) is 0 Å². The fourth-order valence-electron chi connectivity index (χ4n) is 2.26. The maximum atomic E-state index is 3.49. The van der Waals surface area contributed by atoms with Gasteiger partial charge in [0, 0.05) is 6.04 Å². The third-order valence-corrected chi connectivity index (χ3v) is 3.83. The van der Waals surface area contributed by atoms with Gasteiger partial charge in [-0.25, -0.2) is 0 Å². The summed E-state index contributed by atoms with van der Waals surface area (Å²) in [7, 11) is 2.11. The zero-order valence-corrected chi connectivity index (χ0v) is 11.5. The second kappa shape index (κ2) is 9.21. The van der Waals surface area contributed by atoms with Crippen LogP contribution in [-0.2, 0) is 0 Å². The van der Waals surface area contributed by atoms with Gasteiger partial charge in [0.25, 0.3) is 0 Å². The molecule has 0 amide bonds. The summed E-state index contributed by atoms with van der Waals surface area (Å²) in [5.41, 5.74) is 0. The van der Waals surface area contributed by atoms with Crippen LogP contribution < -0.4 is 5.32 Å². The molecule has 0 heterocycles. The van der Waals surface area contributed by atoms with Crippen LogP contribution in [0.1, 0.15) is 66.2 Å². The Morgan fingerprint density at radius 1 is 1.07 bits per heavy atom. The van der Waals surface area contributed by atoms with Crippen LogP contribution in [0.15, 0.2) is 0 Å². The zero-order valence-electron chi connectivity index (χ0n) is 11.5. The van der Waals surface area contributed by atoms with Gasteiger partial charge in [-0.15, -0.1) is 0 Å². The average Bonchev–Trinajstić information content (AvgIpc) is 2.28. The van der Waals surface area contributed by atoms with E-state index in [1.54, 1.807) is 0 Å². The van der Waals surface area contributed by atoms with E-state index in [9.17, 15) is 0 Å². The molecule has 1 heteroatoms. The molecule has 0 saturated heterocycles. The Balaban J connectivity index is 3.99. The molecule has 3 atom stereocenters. The van der Waals surface area contributed by atoms with Crippen LogP contribution in [0.3, 0.4) is 0 Å². The molecule has 0 aromatic heterocycles. The van der Waals surface area contributed by atoms with Gasteiger partial charge in [0.05, 0.1) is 0 Å². The topological polar surface area (TPSA) is 12.0 Å². The predicted octanol–water partition coefficient (Wildman–Crippen LogP) is 4.23.